The Morgan fingerprint density at radius 1 is 1.43 bits per heavy atom. The van der Waals surface area contributed by atoms with Gasteiger partial charge < -0.3 is 14.7 Å². The first kappa shape index (κ1) is 17.2. The maximum absolute atomic E-state index is 13.7. The van der Waals surface area contributed by atoms with Crippen LogP contribution in [0.5, 0.6) is 5.75 Å². The second kappa shape index (κ2) is 7.94. The number of carboxylic acids is 1. The number of aliphatic carboxylic acids is 1. The molecule has 0 radical (unpaired) electrons. The molecule has 1 saturated heterocycles. The van der Waals surface area contributed by atoms with Crippen LogP contribution in [0.15, 0.2) is 24.3 Å². The van der Waals surface area contributed by atoms with Gasteiger partial charge in [0.05, 0.1) is 0 Å². The van der Waals surface area contributed by atoms with Crippen molar-refractivity contribution in [1.82, 2.24) is 4.90 Å². The minimum atomic E-state index is -0.848. The number of carbonyl (C=O) groups excluding carboxylic acids is 1. The van der Waals surface area contributed by atoms with Crippen LogP contribution in [0.25, 0.3) is 0 Å². The first-order valence-electron chi connectivity index (χ1n) is 7.93. The van der Waals surface area contributed by atoms with E-state index in [0.29, 0.717) is 19.5 Å². The summed E-state index contributed by atoms with van der Waals surface area (Å²) in [4.78, 5) is 25.1. The van der Waals surface area contributed by atoms with Gasteiger partial charge in [-0.25, -0.2) is 4.39 Å². The first-order valence-corrected chi connectivity index (χ1v) is 7.93. The normalized spacial score (nSPS) is 19.2. The molecule has 1 aromatic rings. The molecule has 1 fully saturated rings. The van der Waals surface area contributed by atoms with E-state index in [4.69, 9.17) is 9.84 Å². The van der Waals surface area contributed by atoms with Crippen LogP contribution >= 0.6 is 0 Å². The molecular weight excluding hydrogens is 301 g/mol. The van der Waals surface area contributed by atoms with Crippen molar-refractivity contribution in [3.63, 3.8) is 0 Å². The smallest absolute Gasteiger partial charge is 0.303 e. The minimum Gasteiger partial charge on any atom is -0.481 e. The molecule has 1 aliphatic heterocycles. The number of piperidine rings is 1. The number of carboxylic acid groups (broad SMARTS) is 1. The Morgan fingerprint density at radius 2 is 2.17 bits per heavy atom. The summed E-state index contributed by atoms with van der Waals surface area (Å²) in [7, 11) is 0. The maximum Gasteiger partial charge on any atom is 0.303 e. The number of nitrogens with zero attached hydrogens (tertiary/aromatic N) is 1. The molecule has 0 spiro atoms. The second-order valence-corrected chi connectivity index (χ2v) is 5.84. The van der Waals surface area contributed by atoms with E-state index in [1.807, 2.05) is 6.92 Å². The SMILES string of the molecule is CC[C@H](Oc1ccccc1F)C(=O)N1CCC[C@@H](CC(=O)O)C1. The fourth-order valence-corrected chi connectivity index (χ4v) is 2.88. The van der Waals surface area contributed by atoms with Gasteiger partial charge in [-0.15, -0.1) is 0 Å². The number of likely N-dealkylation sites (tertiary alicyclic amines) is 1. The third-order valence-electron chi connectivity index (χ3n) is 4.05. The summed E-state index contributed by atoms with van der Waals surface area (Å²) in [6, 6.07) is 6.00. The Bertz CT molecular complexity index is 563. The van der Waals surface area contributed by atoms with Gasteiger partial charge >= 0.3 is 5.97 Å². The predicted octanol–water partition coefficient (Wildman–Crippen LogP) is 2.70. The molecular formula is C17H22FNO4. The third kappa shape index (κ3) is 4.68. The fraction of sp³-hybridized carbons (Fsp3) is 0.529. The summed E-state index contributed by atoms with van der Waals surface area (Å²) in [5.74, 6) is -1.52. The Morgan fingerprint density at radius 3 is 2.83 bits per heavy atom. The summed E-state index contributed by atoms with van der Waals surface area (Å²) < 4.78 is 19.2. The fourth-order valence-electron chi connectivity index (χ4n) is 2.88. The first-order chi connectivity index (χ1) is 11.0. The highest BCUT2D eigenvalue weighted by molar-refractivity contribution is 5.81. The van der Waals surface area contributed by atoms with Crippen molar-refractivity contribution in [2.24, 2.45) is 5.92 Å². The van der Waals surface area contributed by atoms with Crippen molar-refractivity contribution in [2.75, 3.05) is 13.1 Å². The zero-order valence-corrected chi connectivity index (χ0v) is 13.2. The summed E-state index contributed by atoms with van der Waals surface area (Å²) in [6.07, 6.45) is 1.32. The topological polar surface area (TPSA) is 66.8 Å². The number of para-hydroxylation sites is 1. The van der Waals surface area contributed by atoms with Crippen molar-refractivity contribution in [3.05, 3.63) is 30.1 Å². The molecule has 1 aliphatic rings. The van der Waals surface area contributed by atoms with E-state index < -0.39 is 17.9 Å². The molecule has 1 amide bonds. The number of hydrogen-bond acceptors (Lipinski definition) is 3. The number of rotatable bonds is 6. The molecule has 0 bridgehead atoms. The highest BCUT2D eigenvalue weighted by atomic mass is 19.1. The summed E-state index contributed by atoms with van der Waals surface area (Å²) in [6.45, 7) is 2.82. The van der Waals surface area contributed by atoms with E-state index in [-0.39, 0.29) is 24.0 Å². The Hall–Kier alpha value is -2.11. The Balaban J connectivity index is 2.01. The highest BCUT2D eigenvalue weighted by Gasteiger charge is 2.30. The van der Waals surface area contributed by atoms with E-state index in [9.17, 15) is 14.0 Å². The molecule has 23 heavy (non-hydrogen) atoms. The molecule has 1 heterocycles. The molecule has 0 unspecified atom stereocenters. The molecule has 1 N–H and O–H groups in total. The van der Waals surface area contributed by atoms with Crippen LogP contribution in [-0.4, -0.2) is 41.1 Å². The van der Waals surface area contributed by atoms with Crippen LogP contribution in [0, 0.1) is 11.7 Å². The summed E-state index contributed by atoms with van der Waals surface area (Å²) >= 11 is 0. The molecule has 0 aliphatic carbocycles. The van der Waals surface area contributed by atoms with Crippen LogP contribution in [0.1, 0.15) is 32.6 Å². The van der Waals surface area contributed by atoms with Gasteiger partial charge in [0, 0.05) is 19.5 Å². The largest absolute Gasteiger partial charge is 0.481 e. The van der Waals surface area contributed by atoms with E-state index in [1.165, 1.54) is 12.1 Å². The number of halogens is 1. The zero-order chi connectivity index (χ0) is 16.8. The van der Waals surface area contributed by atoms with Crippen LogP contribution in [0.2, 0.25) is 0 Å². The number of ether oxygens (including phenoxy) is 1. The number of carbonyl (C=O) groups is 2. The van der Waals surface area contributed by atoms with Crippen LogP contribution in [0.4, 0.5) is 4.39 Å². The van der Waals surface area contributed by atoms with Crippen LogP contribution in [-0.2, 0) is 9.59 Å². The molecule has 0 saturated carbocycles. The lowest BCUT2D eigenvalue weighted by Gasteiger charge is -2.34. The molecule has 5 nitrogen and oxygen atoms in total. The molecule has 2 rings (SSSR count). The van der Waals surface area contributed by atoms with Gasteiger partial charge in [-0.05, 0) is 37.3 Å². The predicted molar refractivity (Wildman–Crippen MR) is 82.7 cm³/mol. The van der Waals surface area contributed by atoms with Gasteiger partial charge in [0.1, 0.15) is 0 Å². The third-order valence-corrected chi connectivity index (χ3v) is 4.05. The molecule has 126 valence electrons. The van der Waals surface area contributed by atoms with Crippen molar-refractivity contribution in [1.29, 1.82) is 0 Å². The lowest BCUT2D eigenvalue weighted by molar-refractivity contribution is -0.144. The highest BCUT2D eigenvalue weighted by Crippen LogP contribution is 2.23. The number of hydrogen-bond donors (Lipinski definition) is 1. The zero-order valence-electron chi connectivity index (χ0n) is 13.2. The average molecular weight is 323 g/mol. The monoisotopic (exact) mass is 323 g/mol. The Kier molecular flexibility index (Phi) is 5.96. The van der Waals surface area contributed by atoms with Crippen LogP contribution in [0.3, 0.4) is 0 Å². The molecule has 0 aromatic heterocycles. The van der Waals surface area contributed by atoms with Gasteiger partial charge in [0.25, 0.3) is 5.91 Å². The van der Waals surface area contributed by atoms with E-state index in [2.05, 4.69) is 0 Å². The number of amides is 1. The van der Waals surface area contributed by atoms with E-state index in [1.54, 1.807) is 17.0 Å². The van der Waals surface area contributed by atoms with Crippen molar-refractivity contribution >= 4 is 11.9 Å². The van der Waals surface area contributed by atoms with Gasteiger partial charge in [0.15, 0.2) is 17.7 Å². The molecule has 2 atom stereocenters. The van der Waals surface area contributed by atoms with E-state index >= 15 is 0 Å². The van der Waals surface area contributed by atoms with Crippen LogP contribution < -0.4 is 4.74 Å². The Labute approximate surface area is 135 Å². The molecule has 6 heteroatoms. The summed E-state index contributed by atoms with van der Waals surface area (Å²) in [5, 5.41) is 8.90. The second-order valence-electron chi connectivity index (χ2n) is 5.84. The van der Waals surface area contributed by atoms with E-state index in [0.717, 1.165) is 12.8 Å². The lowest BCUT2D eigenvalue weighted by Crippen LogP contribution is -2.47. The average Bonchev–Trinajstić information content (AvgIpc) is 2.53. The maximum atomic E-state index is 13.7. The molecule has 1 aromatic carbocycles. The van der Waals surface area contributed by atoms with Gasteiger partial charge in [-0.1, -0.05) is 19.1 Å². The quantitative estimate of drug-likeness (QED) is 0.874. The van der Waals surface area contributed by atoms with Crippen molar-refractivity contribution in [2.45, 2.75) is 38.7 Å². The van der Waals surface area contributed by atoms with Gasteiger partial charge in [0.2, 0.25) is 0 Å². The standard InChI is InChI=1S/C17H22FNO4/c1-2-14(23-15-8-4-3-7-13(15)18)17(22)19-9-5-6-12(11-19)10-16(20)21/h3-4,7-8,12,14H,2,5-6,9-11H2,1H3,(H,20,21)/t12-,14-/m0/s1. The van der Waals surface area contributed by atoms with Gasteiger partial charge in [-0.2, -0.15) is 0 Å². The summed E-state index contributed by atoms with van der Waals surface area (Å²) in [5.41, 5.74) is 0. The van der Waals surface area contributed by atoms with Gasteiger partial charge in [-0.3, -0.25) is 9.59 Å². The van der Waals surface area contributed by atoms with Crippen molar-refractivity contribution < 1.29 is 23.8 Å². The number of benzene rings is 1. The lowest BCUT2D eigenvalue weighted by atomic mass is 9.94. The minimum absolute atomic E-state index is 0.0313. The van der Waals surface area contributed by atoms with Crippen molar-refractivity contribution in [3.8, 4) is 5.75 Å².